The summed E-state index contributed by atoms with van der Waals surface area (Å²) >= 11 is 0. The van der Waals surface area contributed by atoms with Gasteiger partial charge in [0, 0.05) is 6.42 Å². The number of rotatable bonds is 7. The van der Waals surface area contributed by atoms with Crippen molar-refractivity contribution in [3.63, 3.8) is 0 Å². The van der Waals surface area contributed by atoms with E-state index in [1.807, 2.05) is 0 Å². The number of benzene rings is 2. The molecule has 134 valence electrons. The number of hydrogen-bond donors (Lipinski definition) is 1. The van der Waals surface area contributed by atoms with Crippen LogP contribution in [-0.4, -0.2) is 27.6 Å². The average molecular weight is 371 g/mol. The zero-order valence-corrected chi connectivity index (χ0v) is 13.8. The van der Waals surface area contributed by atoms with Gasteiger partial charge in [-0.25, -0.2) is 27.1 Å². The minimum atomic E-state index is -4.06. The Morgan fingerprint density at radius 1 is 1.04 bits per heavy atom. The maximum absolute atomic E-state index is 13.6. The molecule has 0 aliphatic carbocycles. The second kappa shape index (κ2) is 8.04. The molecule has 0 bridgehead atoms. The van der Waals surface area contributed by atoms with Crippen molar-refractivity contribution in [2.45, 2.75) is 11.3 Å². The monoisotopic (exact) mass is 371 g/mol. The number of nitrogens with two attached hydrogens (primary N) is 1. The van der Waals surface area contributed by atoms with Gasteiger partial charge >= 0.3 is 5.97 Å². The number of carbonyl (C=O) groups is 1. The maximum Gasteiger partial charge on any atom is 0.341 e. The first kappa shape index (κ1) is 18.8. The van der Waals surface area contributed by atoms with E-state index in [4.69, 9.17) is 14.6 Å². The molecule has 25 heavy (non-hydrogen) atoms. The molecule has 2 rings (SSSR count). The third kappa shape index (κ3) is 5.50. The summed E-state index contributed by atoms with van der Waals surface area (Å²) in [5, 5.41) is 4.94. The molecule has 0 aliphatic rings. The Hall–Kier alpha value is -2.52. The third-order valence-electron chi connectivity index (χ3n) is 3.09. The standard InChI is InChI=1S/C16H15F2NO5S/c17-11-2-4-12(5-3-11)23-8-1-9-24-16(20)14-10-13(25(19,21)22)6-7-15(14)18/h2-7,10H,1,8-9H2,(H2,19,21,22). The molecule has 0 aromatic heterocycles. The zero-order chi connectivity index (χ0) is 18.4. The van der Waals surface area contributed by atoms with Crippen LogP contribution in [0.3, 0.4) is 0 Å². The molecule has 2 N–H and O–H groups in total. The lowest BCUT2D eigenvalue weighted by atomic mass is 10.2. The van der Waals surface area contributed by atoms with E-state index in [9.17, 15) is 22.0 Å². The van der Waals surface area contributed by atoms with Crippen molar-refractivity contribution in [3.8, 4) is 5.75 Å². The number of ether oxygens (including phenoxy) is 2. The molecule has 0 fully saturated rings. The highest BCUT2D eigenvalue weighted by atomic mass is 32.2. The van der Waals surface area contributed by atoms with Crippen molar-refractivity contribution in [1.29, 1.82) is 0 Å². The predicted octanol–water partition coefficient (Wildman–Crippen LogP) is 2.24. The second-order valence-corrected chi connectivity index (χ2v) is 6.54. The molecule has 0 aliphatic heterocycles. The maximum atomic E-state index is 13.6. The minimum absolute atomic E-state index is 0.0704. The van der Waals surface area contributed by atoms with Crippen LogP contribution in [0, 0.1) is 11.6 Å². The molecular weight excluding hydrogens is 356 g/mol. The van der Waals surface area contributed by atoms with Gasteiger partial charge in [0.05, 0.1) is 23.7 Å². The van der Waals surface area contributed by atoms with Gasteiger partial charge in [0.25, 0.3) is 0 Å². The molecule has 0 atom stereocenters. The number of hydrogen-bond acceptors (Lipinski definition) is 5. The van der Waals surface area contributed by atoms with Gasteiger partial charge in [-0.3, -0.25) is 0 Å². The van der Waals surface area contributed by atoms with E-state index < -0.39 is 27.4 Å². The minimum Gasteiger partial charge on any atom is -0.493 e. The quantitative estimate of drug-likeness (QED) is 0.595. The third-order valence-corrected chi connectivity index (χ3v) is 4.00. The SMILES string of the molecule is NS(=O)(=O)c1ccc(F)c(C(=O)OCCCOc2ccc(F)cc2)c1. The fourth-order valence-electron chi connectivity index (χ4n) is 1.86. The molecule has 0 spiro atoms. The lowest BCUT2D eigenvalue weighted by Crippen LogP contribution is -2.15. The number of carbonyl (C=O) groups excluding carboxylic acids is 1. The molecule has 2 aromatic rings. The van der Waals surface area contributed by atoms with E-state index in [0.717, 1.165) is 18.2 Å². The van der Waals surface area contributed by atoms with Crippen LogP contribution in [0.5, 0.6) is 5.75 Å². The van der Waals surface area contributed by atoms with Gasteiger partial charge in [-0.2, -0.15) is 0 Å². The van der Waals surface area contributed by atoms with Gasteiger partial charge in [0.1, 0.15) is 17.4 Å². The highest BCUT2D eigenvalue weighted by Gasteiger charge is 2.17. The van der Waals surface area contributed by atoms with E-state index in [1.54, 1.807) is 0 Å². The predicted molar refractivity (Wildman–Crippen MR) is 84.6 cm³/mol. The normalized spacial score (nSPS) is 11.2. The van der Waals surface area contributed by atoms with Gasteiger partial charge in [-0.1, -0.05) is 0 Å². The van der Waals surface area contributed by atoms with Gasteiger partial charge in [0.15, 0.2) is 0 Å². The molecule has 0 saturated heterocycles. The highest BCUT2D eigenvalue weighted by Crippen LogP contribution is 2.15. The van der Waals surface area contributed by atoms with E-state index in [-0.39, 0.29) is 23.9 Å². The Morgan fingerprint density at radius 2 is 1.72 bits per heavy atom. The molecular formula is C16H15F2NO5S. The lowest BCUT2D eigenvalue weighted by molar-refractivity contribution is 0.0480. The van der Waals surface area contributed by atoms with Crippen LogP contribution >= 0.6 is 0 Å². The van der Waals surface area contributed by atoms with Gasteiger partial charge in [0.2, 0.25) is 10.0 Å². The Morgan fingerprint density at radius 3 is 2.36 bits per heavy atom. The van der Waals surface area contributed by atoms with Crippen molar-refractivity contribution < 1.29 is 31.5 Å². The summed E-state index contributed by atoms with van der Waals surface area (Å²) in [5.74, 6) is -1.85. The first-order chi connectivity index (χ1) is 11.8. The molecule has 2 aromatic carbocycles. The summed E-state index contributed by atoms with van der Waals surface area (Å²) in [5.41, 5.74) is -0.522. The summed E-state index contributed by atoms with van der Waals surface area (Å²) in [6.07, 6.45) is 0.305. The molecule has 9 heteroatoms. The topological polar surface area (TPSA) is 95.7 Å². The van der Waals surface area contributed by atoms with Crippen molar-refractivity contribution in [1.82, 2.24) is 0 Å². The zero-order valence-electron chi connectivity index (χ0n) is 12.9. The number of sulfonamides is 1. The summed E-state index contributed by atoms with van der Waals surface area (Å²) < 4.78 is 59.0. The van der Waals surface area contributed by atoms with Crippen LogP contribution in [0.25, 0.3) is 0 Å². The van der Waals surface area contributed by atoms with Crippen molar-refractivity contribution >= 4 is 16.0 Å². The summed E-state index contributed by atoms with van der Waals surface area (Å²) in [7, 11) is -4.06. The first-order valence-electron chi connectivity index (χ1n) is 7.15. The van der Waals surface area contributed by atoms with Crippen LogP contribution in [0.2, 0.25) is 0 Å². The number of primary sulfonamides is 1. The number of esters is 1. The van der Waals surface area contributed by atoms with Crippen LogP contribution in [0.1, 0.15) is 16.8 Å². The van der Waals surface area contributed by atoms with Gasteiger partial charge < -0.3 is 9.47 Å². The van der Waals surface area contributed by atoms with E-state index in [1.165, 1.54) is 24.3 Å². The van der Waals surface area contributed by atoms with Crippen LogP contribution in [-0.2, 0) is 14.8 Å². The average Bonchev–Trinajstić information content (AvgIpc) is 2.55. The van der Waals surface area contributed by atoms with E-state index in [2.05, 4.69) is 0 Å². The van der Waals surface area contributed by atoms with Gasteiger partial charge in [-0.15, -0.1) is 0 Å². The summed E-state index contributed by atoms with van der Waals surface area (Å²) in [4.78, 5) is 11.4. The van der Waals surface area contributed by atoms with E-state index >= 15 is 0 Å². The summed E-state index contributed by atoms with van der Waals surface area (Å²) in [6, 6.07) is 8.01. The number of halogens is 2. The first-order valence-corrected chi connectivity index (χ1v) is 8.70. The lowest BCUT2D eigenvalue weighted by Gasteiger charge is -2.08. The van der Waals surface area contributed by atoms with Crippen molar-refractivity contribution in [3.05, 3.63) is 59.7 Å². The van der Waals surface area contributed by atoms with Crippen molar-refractivity contribution in [2.75, 3.05) is 13.2 Å². The molecule has 6 nitrogen and oxygen atoms in total. The van der Waals surface area contributed by atoms with Crippen LogP contribution in [0.15, 0.2) is 47.4 Å². The Balaban J connectivity index is 1.85. The smallest absolute Gasteiger partial charge is 0.341 e. The van der Waals surface area contributed by atoms with E-state index in [0.29, 0.717) is 12.2 Å². The molecule has 0 radical (unpaired) electrons. The second-order valence-electron chi connectivity index (χ2n) is 4.98. The fourth-order valence-corrected chi connectivity index (χ4v) is 2.40. The van der Waals surface area contributed by atoms with Gasteiger partial charge in [-0.05, 0) is 42.5 Å². The largest absolute Gasteiger partial charge is 0.493 e. The van der Waals surface area contributed by atoms with Crippen LogP contribution in [0.4, 0.5) is 8.78 Å². The molecule has 0 saturated carbocycles. The summed E-state index contributed by atoms with van der Waals surface area (Å²) in [6.45, 7) is 0.123. The van der Waals surface area contributed by atoms with Crippen LogP contribution < -0.4 is 9.88 Å². The molecule has 0 amide bonds. The molecule has 0 unspecified atom stereocenters. The molecule has 0 heterocycles. The Kier molecular flexibility index (Phi) is 6.05. The Labute approximate surface area is 143 Å². The fraction of sp³-hybridized carbons (Fsp3) is 0.188. The Bertz CT molecular complexity index is 853. The highest BCUT2D eigenvalue weighted by molar-refractivity contribution is 7.89. The van der Waals surface area contributed by atoms with Crippen molar-refractivity contribution in [2.24, 2.45) is 5.14 Å².